The van der Waals surface area contributed by atoms with E-state index in [2.05, 4.69) is 10.6 Å². The Bertz CT molecular complexity index is 759. The molecule has 0 radical (unpaired) electrons. The Kier molecular flexibility index (Phi) is 7.44. The van der Waals surface area contributed by atoms with Crippen LogP contribution < -0.4 is 10.6 Å². The van der Waals surface area contributed by atoms with Crippen molar-refractivity contribution in [3.8, 4) is 0 Å². The van der Waals surface area contributed by atoms with Gasteiger partial charge < -0.3 is 10.6 Å². The van der Waals surface area contributed by atoms with Gasteiger partial charge in [0, 0.05) is 24.9 Å². The molecule has 0 heterocycles. The van der Waals surface area contributed by atoms with Crippen LogP contribution in [0, 0.1) is 17.2 Å². The van der Waals surface area contributed by atoms with Gasteiger partial charge in [0.2, 0.25) is 11.8 Å². The molecule has 160 valence electrons. The molecule has 0 aliphatic heterocycles. The van der Waals surface area contributed by atoms with Crippen molar-refractivity contribution in [3.05, 3.63) is 33.6 Å². The molecule has 2 aliphatic carbocycles. The normalized spacial score (nSPS) is 19.9. The van der Waals surface area contributed by atoms with Crippen LogP contribution in [0.2, 0.25) is 10.0 Å². The molecule has 2 fully saturated rings. The first kappa shape index (κ1) is 22.4. The van der Waals surface area contributed by atoms with Gasteiger partial charge in [0.25, 0.3) is 0 Å². The summed E-state index contributed by atoms with van der Waals surface area (Å²) in [4.78, 5) is 24.4. The third-order valence-corrected chi connectivity index (χ3v) is 7.41. The number of carbonyl (C=O) groups excluding carboxylic acids is 2. The minimum absolute atomic E-state index is 0.0336. The first-order chi connectivity index (χ1) is 13.8. The molecular weight excluding hydrogens is 414 g/mol. The standard InChI is InChI=1S/C22H29Cl2FN2O2/c1-14(28)26-13-12-22(10-4-5-11-22)20(27-21(29)15-6-2-3-7-15)18-17(25)9-8-16(23)19(18)24/h8-9,15,20H,2-7,10-13H2,1H3,(H,26,28)(H,27,29). The highest BCUT2D eigenvalue weighted by Crippen LogP contribution is 2.52. The van der Waals surface area contributed by atoms with Crippen molar-refractivity contribution >= 4 is 35.0 Å². The maximum absolute atomic E-state index is 15.0. The van der Waals surface area contributed by atoms with E-state index in [1.807, 2.05) is 0 Å². The summed E-state index contributed by atoms with van der Waals surface area (Å²) in [6, 6.07) is 2.18. The second-order valence-corrected chi connectivity index (χ2v) is 9.27. The van der Waals surface area contributed by atoms with Crippen LogP contribution in [0.15, 0.2) is 12.1 Å². The Hall–Kier alpha value is -1.33. The first-order valence-electron chi connectivity index (χ1n) is 10.5. The molecule has 0 aromatic heterocycles. The average Bonchev–Trinajstić information content (AvgIpc) is 3.36. The van der Waals surface area contributed by atoms with Gasteiger partial charge in [-0.2, -0.15) is 0 Å². The summed E-state index contributed by atoms with van der Waals surface area (Å²) in [7, 11) is 0. The number of halogens is 3. The van der Waals surface area contributed by atoms with Gasteiger partial charge in [0.1, 0.15) is 5.82 Å². The highest BCUT2D eigenvalue weighted by Gasteiger charge is 2.45. The highest BCUT2D eigenvalue weighted by molar-refractivity contribution is 6.42. The predicted octanol–water partition coefficient (Wildman–Crippen LogP) is 5.57. The predicted molar refractivity (Wildman–Crippen MR) is 113 cm³/mol. The Morgan fingerprint density at radius 2 is 1.83 bits per heavy atom. The van der Waals surface area contributed by atoms with Gasteiger partial charge in [-0.05, 0) is 49.7 Å². The van der Waals surface area contributed by atoms with Crippen molar-refractivity contribution in [2.45, 2.75) is 70.8 Å². The SMILES string of the molecule is CC(=O)NCCC1(C(NC(=O)C2CCCC2)c2c(F)ccc(Cl)c2Cl)CCCC1. The van der Waals surface area contributed by atoms with E-state index in [9.17, 15) is 9.59 Å². The van der Waals surface area contributed by atoms with Crippen LogP contribution in [0.4, 0.5) is 4.39 Å². The number of rotatable bonds is 7. The lowest BCUT2D eigenvalue weighted by atomic mass is 9.72. The molecule has 3 rings (SSSR count). The quantitative estimate of drug-likeness (QED) is 0.542. The second-order valence-electron chi connectivity index (χ2n) is 8.48. The number of carbonyl (C=O) groups is 2. The van der Waals surface area contributed by atoms with Gasteiger partial charge in [0.05, 0.1) is 16.1 Å². The van der Waals surface area contributed by atoms with Crippen molar-refractivity contribution in [1.82, 2.24) is 10.6 Å². The molecule has 0 spiro atoms. The summed E-state index contributed by atoms with van der Waals surface area (Å²) in [5.74, 6) is -0.625. The molecule has 2 aliphatic rings. The fourth-order valence-corrected chi connectivity index (χ4v) is 5.46. The molecular formula is C22H29Cl2FN2O2. The Labute approximate surface area is 181 Å². The number of hydrogen-bond donors (Lipinski definition) is 2. The molecule has 2 saturated carbocycles. The van der Waals surface area contributed by atoms with E-state index in [1.165, 1.54) is 19.1 Å². The summed E-state index contributed by atoms with van der Waals surface area (Å²) < 4.78 is 15.0. The molecule has 1 atom stereocenters. The van der Waals surface area contributed by atoms with Crippen LogP contribution in [0.3, 0.4) is 0 Å². The number of nitrogens with one attached hydrogen (secondary N) is 2. The highest BCUT2D eigenvalue weighted by atomic mass is 35.5. The Morgan fingerprint density at radius 1 is 1.17 bits per heavy atom. The van der Waals surface area contributed by atoms with Crippen molar-refractivity contribution < 1.29 is 14.0 Å². The van der Waals surface area contributed by atoms with Gasteiger partial charge in [-0.25, -0.2) is 4.39 Å². The molecule has 0 bridgehead atoms. The molecule has 4 nitrogen and oxygen atoms in total. The molecule has 1 aromatic rings. The minimum Gasteiger partial charge on any atom is -0.356 e. The zero-order valence-electron chi connectivity index (χ0n) is 16.8. The number of benzene rings is 1. The maximum Gasteiger partial charge on any atom is 0.223 e. The third kappa shape index (κ3) is 5.05. The van der Waals surface area contributed by atoms with E-state index >= 15 is 4.39 Å². The van der Waals surface area contributed by atoms with Crippen molar-refractivity contribution in [2.75, 3.05) is 6.54 Å². The zero-order valence-corrected chi connectivity index (χ0v) is 18.3. The Balaban J connectivity index is 1.97. The zero-order chi connectivity index (χ0) is 21.0. The van der Waals surface area contributed by atoms with Crippen molar-refractivity contribution in [3.63, 3.8) is 0 Å². The summed E-state index contributed by atoms with van der Waals surface area (Å²) in [5.41, 5.74) is -0.0958. The molecule has 0 saturated heterocycles. The van der Waals surface area contributed by atoms with Crippen molar-refractivity contribution in [2.24, 2.45) is 11.3 Å². The topological polar surface area (TPSA) is 58.2 Å². The van der Waals surface area contributed by atoms with Crippen LogP contribution in [-0.4, -0.2) is 18.4 Å². The molecule has 7 heteroatoms. The maximum atomic E-state index is 15.0. The van der Waals surface area contributed by atoms with Crippen LogP contribution in [0.25, 0.3) is 0 Å². The number of hydrogen-bond acceptors (Lipinski definition) is 2. The van der Waals surface area contributed by atoms with Crippen LogP contribution in [-0.2, 0) is 9.59 Å². The molecule has 2 amide bonds. The second kappa shape index (κ2) is 9.65. The third-order valence-electron chi connectivity index (χ3n) is 6.59. The van der Waals surface area contributed by atoms with Crippen molar-refractivity contribution in [1.29, 1.82) is 0 Å². The summed E-state index contributed by atoms with van der Waals surface area (Å²) >= 11 is 12.7. The van der Waals surface area contributed by atoms with E-state index in [0.29, 0.717) is 13.0 Å². The van der Waals surface area contributed by atoms with Crippen LogP contribution in [0.5, 0.6) is 0 Å². The largest absolute Gasteiger partial charge is 0.356 e. The number of amides is 2. The first-order valence-corrected chi connectivity index (χ1v) is 11.3. The van der Waals surface area contributed by atoms with Gasteiger partial charge in [-0.1, -0.05) is 48.9 Å². The van der Waals surface area contributed by atoms with E-state index < -0.39 is 11.9 Å². The van der Waals surface area contributed by atoms with Crippen LogP contribution >= 0.6 is 23.2 Å². The molecule has 1 unspecified atom stereocenters. The fraction of sp³-hybridized carbons (Fsp3) is 0.636. The van der Waals surface area contributed by atoms with E-state index in [1.54, 1.807) is 0 Å². The van der Waals surface area contributed by atoms with Gasteiger partial charge in [-0.3, -0.25) is 9.59 Å². The summed E-state index contributed by atoms with van der Waals surface area (Å²) in [5, 5.41) is 6.46. The van der Waals surface area contributed by atoms with Gasteiger partial charge in [0.15, 0.2) is 0 Å². The molecule has 1 aromatic carbocycles. The van der Waals surface area contributed by atoms with Gasteiger partial charge >= 0.3 is 0 Å². The smallest absolute Gasteiger partial charge is 0.223 e. The minimum atomic E-state index is -0.571. The average molecular weight is 443 g/mol. The molecule has 2 N–H and O–H groups in total. The summed E-state index contributed by atoms with van der Waals surface area (Å²) in [6.45, 7) is 1.96. The Morgan fingerprint density at radius 3 is 2.45 bits per heavy atom. The van der Waals surface area contributed by atoms with E-state index in [-0.39, 0.29) is 38.8 Å². The monoisotopic (exact) mass is 442 g/mol. The fourth-order valence-electron chi connectivity index (χ4n) is 5.04. The summed E-state index contributed by atoms with van der Waals surface area (Å²) in [6.07, 6.45) is 8.13. The lowest BCUT2D eigenvalue weighted by Gasteiger charge is -2.40. The molecule has 29 heavy (non-hydrogen) atoms. The lowest BCUT2D eigenvalue weighted by Crippen LogP contribution is -2.44. The van der Waals surface area contributed by atoms with E-state index in [4.69, 9.17) is 23.2 Å². The lowest BCUT2D eigenvalue weighted by molar-refractivity contribution is -0.127. The van der Waals surface area contributed by atoms with E-state index in [0.717, 1.165) is 51.4 Å². The van der Waals surface area contributed by atoms with Crippen LogP contribution in [0.1, 0.15) is 76.3 Å². The van der Waals surface area contributed by atoms with Gasteiger partial charge in [-0.15, -0.1) is 0 Å².